The normalized spacial score (nSPS) is 17.0. The molecule has 0 aromatic heterocycles. The lowest BCUT2D eigenvalue weighted by Crippen LogP contribution is -2.55. The number of aryl methyl sites for hydroxylation is 1. The Labute approximate surface area is 457 Å². The minimum Gasteiger partial charge on any atom is -0.464 e. The van der Waals surface area contributed by atoms with Gasteiger partial charge in [-0.25, -0.2) is 4.79 Å². The molecule has 1 aromatic carbocycles. The van der Waals surface area contributed by atoms with Gasteiger partial charge in [0.2, 0.25) is 5.91 Å². The van der Waals surface area contributed by atoms with E-state index in [0.717, 1.165) is 82.6 Å². The highest BCUT2D eigenvalue weighted by atomic mass is 16.6. The lowest BCUT2D eigenvalue weighted by atomic mass is 10.0. The molecular weight excluding hydrogens is 941 g/mol. The summed E-state index contributed by atoms with van der Waals surface area (Å²) in [5.41, 5.74) is 1.03. The Hall–Kier alpha value is -3.47. The molecular formula is C64H110N2O9. The van der Waals surface area contributed by atoms with Gasteiger partial charge in [0.05, 0.1) is 12.6 Å². The molecule has 2 aliphatic rings. The largest absolute Gasteiger partial charge is 0.464 e. The summed E-state index contributed by atoms with van der Waals surface area (Å²) in [7, 11) is 0. The first kappa shape index (κ1) is 65.8. The molecule has 0 radical (unpaired) electrons. The fraction of sp³-hybridized carbons (Fsp3) is 0.828. The quantitative estimate of drug-likeness (QED) is 0.0381. The number of nitrogens with one attached hydrogen (secondary N) is 1. The van der Waals surface area contributed by atoms with Gasteiger partial charge >= 0.3 is 23.9 Å². The number of benzene rings is 1. The van der Waals surface area contributed by atoms with Crippen molar-refractivity contribution in [2.45, 2.75) is 315 Å². The molecule has 1 saturated heterocycles. The lowest BCUT2D eigenvalue weighted by molar-refractivity contribution is -0.168. The highest BCUT2D eigenvalue weighted by Crippen LogP contribution is 2.42. The number of esters is 4. The molecule has 1 aliphatic carbocycles. The monoisotopic (exact) mass is 1050 g/mol. The second-order valence-electron chi connectivity index (χ2n) is 22.6. The van der Waals surface area contributed by atoms with Gasteiger partial charge in [-0.3, -0.25) is 24.5 Å². The summed E-state index contributed by atoms with van der Waals surface area (Å²) in [6.07, 6.45) is 41.8. The zero-order valence-corrected chi connectivity index (χ0v) is 48.4. The summed E-state index contributed by atoms with van der Waals surface area (Å²) in [6.45, 7) is 8.32. The second-order valence-corrected chi connectivity index (χ2v) is 22.6. The Kier molecular flexibility index (Phi) is 38.2. The molecule has 0 unspecified atom stereocenters. The predicted molar refractivity (Wildman–Crippen MR) is 304 cm³/mol. The standard InChI is InChI=1S/C64H110N2O9/c1-5-8-11-14-17-19-21-23-25-27-29-31-37-45-60(67)73-51-56(52-74-61(68)46-38-32-30-28-26-24-22-20-18-15-12-9-6-2)75-63(70)57(48-47-54-41-35-34-36-42-54)65-53(4)62(69)66-58-44-40-43-55(58)50-59(66)64(71)72-49-39-33-16-13-10-7-3/h34-36,41-42,53,55-59,65H,5-33,37-40,43-52H2,1-4H3/t53-,55-,57-,58-,59-/m0/s1. The van der Waals surface area contributed by atoms with Gasteiger partial charge in [-0.05, 0) is 69.8 Å². The Morgan fingerprint density at radius 3 is 1.47 bits per heavy atom. The van der Waals surface area contributed by atoms with Crippen LogP contribution in [0.15, 0.2) is 30.3 Å². The van der Waals surface area contributed by atoms with E-state index in [0.29, 0.717) is 25.9 Å². The Morgan fingerprint density at radius 2 is 1.00 bits per heavy atom. The maximum Gasteiger partial charge on any atom is 0.328 e. The van der Waals surface area contributed by atoms with Crippen LogP contribution in [-0.4, -0.2) is 84.8 Å². The van der Waals surface area contributed by atoms with E-state index >= 15 is 0 Å². The number of carbonyl (C=O) groups excluding carboxylic acids is 5. The lowest BCUT2D eigenvalue weighted by Gasteiger charge is -2.32. The zero-order chi connectivity index (χ0) is 54.0. The molecule has 75 heavy (non-hydrogen) atoms. The van der Waals surface area contributed by atoms with Gasteiger partial charge in [-0.1, -0.05) is 244 Å². The third-order valence-electron chi connectivity index (χ3n) is 15.9. The molecule has 11 heteroatoms. The first-order chi connectivity index (χ1) is 36.7. The number of rotatable bonds is 48. The van der Waals surface area contributed by atoms with Crippen molar-refractivity contribution in [1.82, 2.24) is 10.2 Å². The topological polar surface area (TPSA) is 138 Å². The molecule has 1 aromatic rings. The predicted octanol–water partition coefficient (Wildman–Crippen LogP) is 15.6. The van der Waals surface area contributed by atoms with Crippen molar-refractivity contribution in [1.29, 1.82) is 0 Å². The third kappa shape index (κ3) is 30.3. The maximum atomic E-state index is 14.5. The van der Waals surface area contributed by atoms with Crippen molar-refractivity contribution < 1.29 is 42.9 Å². The molecule has 11 nitrogen and oxygen atoms in total. The van der Waals surface area contributed by atoms with Crippen LogP contribution >= 0.6 is 0 Å². The zero-order valence-electron chi connectivity index (χ0n) is 48.4. The van der Waals surface area contributed by atoms with E-state index in [2.05, 4.69) is 26.1 Å². The molecule has 1 amide bonds. The van der Waals surface area contributed by atoms with E-state index in [1.165, 1.54) is 148 Å². The van der Waals surface area contributed by atoms with Gasteiger partial charge in [0.25, 0.3) is 0 Å². The van der Waals surface area contributed by atoms with Gasteiger partial charge in [0.1, 0.15) is 25.3 Å². The van der Waals surface area contributed by atoms with Crippen molar-refractivity contribution in [2.75, 3.05) is 19.8 Å². The summed E-state index contributed by atoms with van der Waals surface area (Å²) >= 11 is 0. The van der Waals surface area contributed by atoms with Crippen LogP contribution in [0.5, 0.6) is 0 Å². The number of nitrogens with zero attached hydrogens (tertiary/aromatic N) is 1. The second kappa shape index (κ2) is 43.5. The first-order valence-electron chi connectivity index (χ1n) is 31.5. The van der Waals surface area contributed by atoms with Crippen molar-refractivity contribution in [3.8, 4) is 0 Å². The van der Waals surface area contributed by atoms with Crippen LogP contribution < -0.4 is 5.32 Å². The van der Waals surface area contributed by atoms with E-state index in [-0.39, 0.29) is 61.8 Å². The van der Waals surface area contributed by atoms with E-state index in [4.69, 9.17) is 18.9 Å². The molecule has 430 valence electrons. The van der Waals surface area contributed by atoms with Crippen LogP contribution in [0, 0.1) is 5.92 Å². The van der Waals surface area contributed by atoms with E-state index in [1.807, 2.05) is 30.3 Å². The SMILES string of the molecule is CCCCCCCCCCCCCCCC(=O)OCC(COC(=O)CCCCCCCCCCCCCCC)OC(=O)[C@H](CCc1ccccc1)N[C@@H](C)C(=O)N1[C@H](C(=O)OCCCCCCCC)C[C@@H]2CCC[C@@H]21. The van der Waals surface area contributed by atoms with E-state index in [9.17, 15) is 24.0 Å². The van der Waals surface area contributed by atoms with Gasteiger partial charge in [-0.15, -0.1) is 0 Å². The number of fused-ring (bicyclic) bond motifs is 1. The molecule has 5 atom stereocenters. The number of hydrogen-bond acceptors (Lipinski definition) is 10. The maximum absolute atomic E-state index is 14.5. The summed E-state index contributed by atoms with van der Waals surface area (Å²) in [4.78, 5) is 70.5. The Bertz CT molecular complexity index is 1580. The van der Waals surface area contributed by atoms with E-state index in [1.54, 1.807) is 11.8 Å². The molecule has 0 bridgehead atoms. The number of ether oxygens (including phenoxy) is 4. The average Bonchev–Trinajstić information content (AvgIpc) is 4.03. The number of hydrogen-bond donors (Lipinski definition) is 1. The van der Waals surface area contributed by atoms with Gasteiger partial charge < -0.3 is 23.8 Å². The third-order valence-corrected chi connectivity index (χ3v) is 15.9. The molecule has 0 spiro atoms. The van der Waals surface area contributed by atoms with Crippen molar-refractivity contribution in [3.63, 3.8) is 0 Å². The highest BCUT2D eigenvalue weighted by molar-refractivity contribution is 5.89. The number of carbonyl (C=O) groups is 5. The van der Waals surface area contributed by atoms with Crippen molar-refractivity contribution in [2.24, 2.45) is 5.92 Å². The number of amides is 1. The van der Waals surface area contributed by atoms with Crippen LogP contribution in [0.1, 0.15) is 284 Å². The summed E-state index contributed by atoms with van der Waals surface area (Å²) in [6, 6.07) is 7.41. The smallest absolute Gasteiger partial charge is 0.328 e. The van der Waals surface area contributed by atoms with Crippen LogP contribution in [-0.2, 0) is 49.3 Å². The fourth-order valence-electron chi connectivity index (χ4n) is 11.2. The fourth-order valence-corrected chi connectivity index (χ4v) is 11.2. The molecule has 2 fully saturated rings. The van der Waals surface area contributed by atoms with Gasteiger partial charge in [0, 0.05) is 18.9 Å². The summed E-state index contributed by atoms with van der Waals surface area (Å²) < 4.78 is 23.4. The molecule has 1 aliphatic heterocycles. The molecule has 3 rings (SSSR count). The highest BCUT2D eigenvalue weighted by Gasteiger charge is 2.50. The van der Waals surface area contributed by atoms with Crippen LogP contribution in [0.3, 0.4) is 0 Å². The molecule has 1 N–H and O–H groups in total. The van der Waals surface area contributed by atoms with Crippen molar-refractivity contribution in [3.05, 3.63) is 35.9 Å². The van der Waals surface area contributed by atoms with Crippen LogP contribution in [0.2, 0.25) is 0 Å². The Balaban J connectivity index is 1.59. The average molecular weight is 1050 g/mol. The summed E-state index contributed by atoms with van der Waals surface area (Å²) in [5.74, 6) is -1.69. The minimum absolute atomic E-state index is 0.0451. The summed E-state index contributed by atoms with van der Waals surface area (Å²) in [5, 5.41) is 3.32. The van der Waals surface area contributed by atoms with Crippen LogP contribution in [0.4, 0.5) is 0 Å². The van der Waals surface area contributed by atoms with Crippen molar-refractivity contribution >= 4 is 29.8 Å². The molecule has 1 heterocycles. The Morgan fingerprint density at radius 1 is 0.560 bits per heavy atom. The van der Waals surface area contributed by atoms with Crippen LogP contribution in [0.25, 0.3) is 0 Å². The van der Waals surface area contributed by atoms with Gasteiger partial charge in [-0.2, -0.15) is 0 Å². The van der Waals surface area contributed by atoms with Gasteiger partial charge in [0.15, 0.2) is 6.10 Å². The minimum atomic E-state index is -1.03. The molecule has 1 saturated carbocycles. The number of likely N-dealkylation sites (tertiary alicyclic amines) is 1. The van der Waals surface area contributed by atoms with E-state index < -0.39 is 30.2 Å². The number of unbranched alkanes of at least 4 members (excludes halogenated alkanes) is 29. The first-order valence-corrected chi connectivity index (χ1v) is 31.5.